The highest BCUT2D eigenvalue weighted by Crippen LogP contribution is 2.24. The topological polar surface area (TPSA) is 43.4 Å². The lowest BCUT2D eigenvalue weighted by atomic mass is 10.1. The van der Waals surface area contributed by atoms with Gasteiger partial charge in [0.1, 0.15) is 0 Å². The number of methoxy groups -OCH3 is 1. The Hall–Kier alpha value is -1.59. The van der Waals surface area contributed by atoms with Gasteiger partial charge in [-0.2, -0.15) is 5.10 Å². The monoisotopic (exact) mass is 261 g/mol. The number of nitrogens with zero attached hydrogens (tertiary/aromatic N) is 3. The van der Waals surface area contributed by atoms with Gasteiger partial charge in [-0.15, -0.1) is 0 Å². The van der Waals surface area contributed by atoms with E-state index in [1.807, 2.05) is 18.5 Å². The SMILES string of the molecule is COCC[C@@H]1CN(Cc2ccoc2)Cc2ccnn21. The Balaban J connectivity index is 1.72. The van der Waals surface area contributed by atoms with E-state index in [1.165, 1.54) is 11.3 Å². The van der Waals surface area contributed by atoms with E-state index in [-0.39, 0.29) is 0 Å². The van der Waals surface area contributed by atoms with Crippen LogP contribution in [-0.4, -0.2) is 34.9 Å². The summed E-state index contributed by atoms with van der Waals surface area (Å²) < 4.78 is 12.5. The quantitative estimate of drug-likeness (QED) is 0.826. The normalized spacial score (nSPS) is 19.5. The first kappa shape index (κ1) is 12.4. The number of hydrogen-bond acceptors (Lipinski definition) is 4. The molecule has 0 saturated carbocycles. The first-order valence-electron chi connectivity index (χ1n) is 6.61. The van der Waals surface area contributed by atoms with E-state index in [0.29, 0.717) is 6.04 Å². The Bertz CT molecular complexity index is 507. The molecule has 0 spiro atoms. The molecule has 3 rings (SSSR count). The number of aromatic nitrogens is 2. The van der Waals surface area contributed by atoms with Crippen molar-refractivity contribution in [3.8, 4) is 0 Å². The van der Waals surface area contributed by atoms with Crippen LogP contribution < -0.4 is 0 Å². The fourth-order valence-corrected chi connectivity index (χ4v) is 2.69. The van der Waals surface area contributed by atoms with Crippen molar-refractivity contribution in [1.82, 2.24) is 14.7 Å². The highest BCUT2D eigenvalue weighted by Gasteiger charge is 2.25. The minimum absolute atomic E-state index is 0.394. The van der Waals surface area contributed by atoms with Crippen molar-refractivity contribution < 1.29 is 9.15 Å². The van der Waals surface area contributed by atoms with Gasteiger partial charge < -0.3 is 9.15 Å². The van der Waals surface area contributed by atoms with E-state index in [0.717, 1.165) is 32.7 Å². The average Bonchev–Trinajstić information content (AvgIpc) is 3.06. The number of ether oxygens (including phenoxy) is 1. The van der Waals surface area contributed by atoms with E-state index < -0.39 is 0 Å². The van der Waals surface area contributed by atoms with Crippen LogP contribution in [0.25, 0.3) is 0 Å². The number of rotatable bonds is 5. The van der Waals surface area contributed by atoms with Crippen LogP contribution in [0.2, 0.25) is 0 Å². The standard InChI is InChI=1S/C14H19N3O2/c1-18-6-4-14-10-16(8-12-3-7-19-11-12)9-13-2-5-15-17(13)14/h2-3,5,7,11,14H,4,6,8-10H2,1H3/t14-/m1/s1. The lowest BCUT2D eigenvalue weighted by Crippen LogP contribution is -2.37. The van der Waals surface area contributed by atoms with Gasteiger partial charge in [0.25, 0.3) is 0 Å². The number of fused-ring (bicyclic) bond motifs is 1. The molecule has 0 amide bonds. The average molecular weight is 261 g/mol. The minimum Gasteiger partial charge on any atom is -0.472 e. The summed E-state index contributed by atoms with van der Waals surface area (Å²) in [6, 6.07) is 4.52. The van der Waals surface area contributed by atoms with Crippen molar-refractivity contribution >= 4 is 0 Å². The molecule has 3 heterocycles. The summed E-state index contributed by atoms with van der Waals surface area (Å²) in [4.78, 5) is 2.43. The van der Waals surface area contributed by atoms with E-state index in [2.05, 4.69) is 20.7 Å². The van der Waals surface area contributed by atoms with Crippen molar-refractivity contribution in [2.24, 2.45) is 0 Å². The van der Waals surface area contributed by atoms with Gasteiger partial charge in [0.2, 0.25) is 0 Å². The zero-order valence-electron chi connectivity index (χ0n) is 11.2. The lowest BCUT2D eigenvalue weighted by molar-refractivity contribution is 0.125. The molecular weight excluding hydrogens is 242 g/mol. The molecule has 102 valence electrons. The Morgan fingerprint density at radius 2 is 2.42 bits per heavy atom. The first-order valence-corrected chi connectivity index (χ1v) is 6.61. The highest BCUT2D eigenvalue weighted by atomic mass is 16.5. The smallest absolute Gasteiger partial charge is 0.0947 e. The molecule has 1 aliphatic rings. The molecule has 0 fully saturated rings. The van der Waals surface area contributed by atoms with E-state index >= 15 is 0 Å². The molecule has 0 N–H and O–H groups in total. The van der Waals surface area contributed by atoms with Crippen molar-refractivity contribution in [3.05, 3.63) is 42.1 Å². The Morgan fingerprint density at radius 3 is 3.21 bits per heavy atom. The van der Waals surface area contributed by atoms with Crippen molar-refractivity contribution in [3.63, 3.8) is 0 Å². The maximum Gasteiger partial charge on any atom is 0.0947 e. The van der Waals surface area contributed by atoms with Crippen LogP contribution in [0, 0.1) is 0 Å². The first-order chi connectivity index (χ1) is 9.36. The Kier molecular flexibility index (Phi) is 3.66. The lowest BCUT2D eigenvalue weighted by Gasteiger charge is -2.33. The summed E-state index contributed by atoms with van der Waals surface area (Å²) in [5.41, 5.74) is 2.49. The fraction of sp³-hybridized carbons (Fsp3) is 0.500. The van der Waals surface area contributed by atoms with Crippen molar-refractivity contribution in [2.75, 3.05) is 20.3 Å². The maximum absolute atomic E-state index is 5.20. The summed E-state index contributed by atoms with van der Waals surface area (Å²) in [7, 11) is 1.75. The summed E-state index contributed by atoms with van der Waals surface area (Å²) in [5.74, 6) is 0. The molecular formula is C14H19N3O2. The van der Waals surface area contributed by atoms with Gasteiger partial charge in [0, 0.05) is 45.1 Å². The number of furan rings is 1. The Labute approximate surface area is 112 Å². The minimum atomic E-state index is 0.394. The van der Waals surface area contributed by atoms with Gasteiger partial charge in [-0.3, -0.25) is 9.58 Å². The second-order valence-corrected chi connectivity index (χ2v) is 5.00. The molecule has 0 saturated heterocycles. The zero-order valence-corrected chi connectivity index (χ0v) is 11.2. The van der Waals surface area contributed by atoms with Gasteiger partial charge in [-0.1, -0.05) is 0 Å². The Morgan fingerprint density at radius 1 is 1.47 bits per heavy atom. The molecule has 2 aromatic heterocycles. The van der Waals surface area contributed by atoms with Crippen LogP contribution in [0.15, 0.2) is 35.3 Å². The van der Waals surface area contributed by atoms with Gasteiger partial charge in [-0.25, -0.2) is 0 Å². The second-order valence-electron chi connectivity index (χ2n) is 5.00. The third-order valence-electron chi connectivity index (χ3n) is 3.59. The molecule has 0 radical (unpaired) electrons. The molecule has 5 heteroatoms. The van der Waals surface area contributed by atoms with Crippen molar-refractivity contribution in [1.29, 1.82) is 0 Å². The van der Waals surface area contributed by atoms with Crippen LogP contribution in [0.3, 0.4) is 0 Å². The third-order valence-corrected chi connectivity index (χ3v) is 3.59. The molecule has 1 aliphatic heterocycles. The predicted octanol–water partition coefficient (Wildman–Crippen LogP) is 2.07. The molecule has 0 aliphatic carbocycles. The number of hydrogen-bond donors (Lipinski definition) is 0. The fourth-order valence-electron chi connectivity index (χ4n) is 2.69. The summed E-state index contributed by atoms with van der Waals surface area (Å²) in [6.45, 7) is 3.63. The van der Waals surface area contributed by atoms with Crippen LogP contribution in [0.4, 0.5) is 0 Å². The molecule has 5 nitrogen and oxygen atoms in total. The summed E-state index contributed by atoms with van der Waals surface area (Å²) in [6.07, 6.45) is 6.42. The summed E-state index contributed by atoms with van der Waals surface area (Å²) in [5, 5.41) is 4.44. The molecule has 0 bridgehead atoms. The zero-order chi connectivity index (χ0) is 13.1. The van der Waals surface area contributed by atoms with Crippen molar-refractivity contribution in [2.45, 2.75) is 25.6 Å². The van der Waals surface area contributed by atoms with Crippen LogP contribution in [0.5, 0.6) is 0 Å². The van der Waals surface area contributed by atoms with Gasteiger partial charge in [-0.05, 0) is 18.6 Å². The molecule has 0 aromatic carbocycles. The molecule has 0 unspecified atom stereocenters. The van der Waals surface area contributed by atoms with Gasteiger partial charge in [0.15, 0.2) is 0 Å². The largest absolute Gasteiger partial charge is 0.472 e. The second kappa shape index (κ2) is 5.59. The van der Waals surface area contributed by atoms with Gasteiger partial charge >= 0.3 is 0 Å². The summed E-state index contributed by atoms with van der Waals surface area (Å²) >= 11 is 0. The van der Waals surface area contributed by atoms with E-state index in [4.69, 9.17) is 9.15 Å². The highest BCUT2D eigenvalue weighted by molar-refractivity contribution is 5.09. The van der Waals surface area contributed by atoms with E-state index in [9.17, 15) is 0 Å². The van der Waals surface area contributed by atoms with Gasteiger partial charge in [0.05, 0.1) is 24.3 Å². The third kappa shape index (κ3) is 2.72. The predicted molar refractivity (Wildman–Crippen MR) is 70.6 cm³/mol. The van der Waals surface area contributed by atoms with Crippen LogP contribution in [0.1, 0.15) is 23.7 Å². The van der Waals surface area contributed by atoms with E-state index in [1.54, 1.807) is 13.4 Å². The van der Waals surface area contributed by atoms with Crippen LogP contribution >= 0.6 is 0 Å². The molecule has 19 heavy (non-hydrogen) atoms. The van der Waals surface area contributed by atoms with Crippen LogP contribution in [-0.2, 0) is 17.8 Å². The molecule has 2 aromatic rings. The maximum atomic E-state index is 5.20. The molecule has 1 atom stereocenters.